The zero-order chi connectivity index (χ0) is 16.4. The van der Waals surface area contributed by atoms with Gasteiger partial charge in [-0.25, -0.2) is 9.59 Å². The summed E-state index contributed by atoms with van der Waals surface area (Å²) in [7, 11) is 1.30. The summed E-state index contributed by atoms with van der Waals surface area (Å²) in [5.41, 5.74) is 0.679. The SMILES string of the molecule is COC(=O)c1cccc(Cn2c(=O)[nH]c3ccccc3c2=O)c1. The number of rotatable bonds is 3. The molecule has 3 rings (SSSR count). The van der Waals surface area contributed by atoms with Crippen LogP contribution in [0.15, 0.2) is 58.1 Å². The molecule has 2 aromatic carbocycles. The van der Waals surface area contributed by atoms with Crippen molar-refractivity contribution in [2.75, 3.05) is 7.11 Å². The summed E-state index contributed by atoms with van der Waals surface area (Å²) in [6.07, 6.45) is 0. The molecule has 6 nitrogen and oxygen atoms in total. The molecule has 116 valence electrons. The molecule has 0 aliphatic carbocycles. The zero-order valence-corrected chi connectivity index (χ0v) is 12.4. The Kier molecular flexibility index (Phi) is 3.80. The molecular formula is C17H14N2O4. The minimum absolute atomic E-state index is 0.0732. The quantitative estimate of drug-likeness (QED) is 0.744. The number of hydrogen-bond donors (Lipinski definition) is 1. The maximum absolute atomic E-state index is 12.5. The van der Waals surface area contributed by atoms with Crippen molar-refractivity contribution in [2.24, 2.45) is 0 Å². The lowest BCUT2D eigenvalue weighted by molar-refractivity contribution is 0.0600. The van der Waals surface area contributed by atoms with Gasteiger partial charge in [0.05, 0.1) is 30.1 Å². The Bertz CT molecular complexity index is 1000. The molecule has 0 unspecified atom stereocenters. The first-order valence-electron chi connectivity index (χ1n) is 6.99. The van der Waals surface area contributed by atoms with Gasteiger partial charge in [0.25, 0.3) is 5.56 Å². The van der Waals surface area contributed by atoms with E-state index in [-0.39, 0.29) is 12.1 Å². The van der Waals surface area contributed by atoms with Crippen LogP contribution in [0.1, 0.15) is 15.9 Å². The highest BCUT2D eigenvalue weighted by molar-refractivity contribution is 5.89. The summed E-state index contributed by atoms with van der Waals surface area (Å²) in [5, 5.41) is 0.441. The standard InChI is InChI=1S/C17H14N2O4/c1-23-16(21)12-6-4-5-11(9-12)10-19-15(20)13-7-2-3-8-14(13)18-17(19)22/h2-9H,10H2,1H3,(H,18,22). The fourth-order valence-electron chi connectivity index (χ4n) is 2.44. The van der Waals surface area contributed by atoms with Gasteiger partial charge in [-0.1, -0.05) is 24.3 Å². The number of ether oxygens (including phenoxy) is 1. The van der Waals surface area contributed by atoms with Gasteiger partial charge in [0.15, 0.2) is 0 Å². The number of nitrogens with zero attached hydrogens (tertiary/aromatic N) is 1. The third-order valence-corrected chi connectivity index (χ3v) is 3.58. The van der Waals surface area contributed by atoms with E-state index in [4.69, 9.17) is 0 Å². The smallest absolute Gasteiger partial charge is 0.337 e. The summed E-state index contributed by atoms with van der Waals surface area (Å²) >= 11 is 0. The van der Waals surface area contributed by atoms with Gasteiger partial charge in [-0.15, -0.1) is 0 Å². The molecule has 0 saturated heterocycles. The maximum Gasteiger partial charge on any atom is 0.337 e. The van der Waals surface area contributed by atoms with Crippen molar-refractivity contribution >= 4 is 16.9 Å². The number of para-hydroxylation sites is 1. The summed E-state index contributed by atoms with van der Waals surface area (Å²) in [6, 6.07) is 13.5. The van der Waals surface area contributed by atoms with E-state index >= 15 is 0 Å². The molecule has 0 bridgehead atoms. The van der Waals surface area contributed by atoms with E-state index in [1.54, 1.807) is 48.5 Å². The number of aromatic nitrogens is 2. The molecular weight excluding hydrogens is 296 g/mol. The predicted molar refractivity (Wildman–Crippen MR) is 85.7 cm³/mol. The third kappa shape index (κ3) is 2.78. The highest BCUT2D eigenvalue weighted by atomic mass is 16.5. The minimum Gasteiger partial charge on any atom is -0.465 e. The number of benzene rings is 2. The first-order chi connectivity index (χ1) is 11.1. The number of aromatic amines is 1. The number of H-pyrrole nitrogens is 1. The molecule has 1 N–H and O–H groups in total. The van der Waals surface area contributed by atoms with E-state index in [1.165, 1.54) is 7.11 Å². The average Bonchev–Trinajstić information content (AvgIpc) is 2.58. The second kappa shape index (κ2) is 5.92. The number of nitrogens with one attached hydrogen (secondary N) is 1. The Morgan fingerprint density at radius 3 is 2.70 bits per heavy atom. The van der Waals surface area contributed by atoms with Crippen LogP contribution in [0.4, 0.5) is 0 Å². The number of esters is 1. The predicted octanol–water partition coefficient (Wildman–Crippen LogP) is 1.52. The number of carbonyl (C=O) groups excluding carboxylic acids is 1. The topological polar surface area (TPSA) is 81.2 Å². The normalized spacial score (nSPS) is 10.7. The van der Waals surface area contributed by atoms with Crippen LogP contribution < -0.4 is 11.2 Å². The lowest BCUT2D eigenvalue weighted by atomic mass is 10.1. The van der Waals surface area contributed by atoms with Crippen LogP contribution in [0.3, 0.4) is 0 Å². The Morgan fingerprint density at radius 2 is 1.91 bits per heavy atom. The van der Waals surface area contributed by atoms with Crippen LogP contribution in [0.25, 0.3) is 10.9 Å². The summed E-state index contributed by atoms with van der Waals surface area (Å²) in [4.78, 5) is 38.9. The third-order valence-electron chi connectivity index (χ3n) is 3.58. The van der Waals surface area contributed by atoms with Crippen LogP contribution in [-0.2, 0) is 11.3 Å². The van der Waals surface area contributed by atoms with E-state index in [9.17, 15) is 14.4 Å². The average molecular weight is 310 g/mol. The van der Waals surface area contributed by atoms with Crippen LogP contribution in [0, 0.1) is 0 Å². The van der Waals surface area contributed by atoms with Crippen molar-refractivity contribution in [3.05, 3.63) is 80.5 Å². The van der Waals surface area contributed by atoms with Gasteiger partial charge in [-0.2, -0.15) is 0 Å². The Morgan fingerprint density at radius 1 is 1.13 bits per heavy atom. The molecule has 23 heavy (non-hydrogen) atoms. The van der Waals surface area contributed by atoms with Crippen LogP contribution in [0.5, 0.6) is 0 Å². The molecule has 3 aromatic rings. The van der Waals surface area contributed by atoms with Crippen molar-refractivity contribution in [1.29, 1.82) is 0 Å². The molecule has 0 spiro atoms. The molecule has 1 heterocycles. The molecule has 1 aromatic heterocycles. The highest BCUT2D eigenvalue weighted by Gasteiger charge is 2.10. The Labute approximate surface area is 131 Å². The molecule has 0 aliphatic heterocycles. The van der Waals surface area contributed by atoms with Crippen molar-refractivity contribution in [2.45, 2.75) is 6.54 Å². The second-order valence-electron chi connectivity index (χ2n) is 5.06. The first-order valence-corrected chi connectivity index (χ1v) is 6.99. The van der Waals surface area contributed by atoms with E-state index in [0.29, 0.717) is 22.0 Å². The number of fused-ring (bicyclic) bond motifs is 1. The van der Waals surface area contributed by atoms with Gasteiger partial charge < -0.3 is 9.72 Å². The van der Waals surface area contributed by atoms with Crippen molar-refractivity contribution in [3.8, 4) is 0 Å². The van der Waals surface area contributed by atoms with Gasteiger partial charge in [-0.05, 0) is 29.8 Å². The van der Waals surface area contributed by atoms with Crippen LogP contribution in [-0.4, -0.2) is 22.6 Å². The number of carbonyl (C=O) groups is 1. The van der Waals surface area contributed by atoms with Gasteiger partial charge >= 0.3 is 11.7 Å². The van der Waals surface area contributed by atoms with Gasteiger partial charge in [0.2, 0.25) is 0 Å². The van der Waals surface area contributed by atoms with Crippen molar-refractivity contribution in [1.82, 2.24) is 9.55 Å². The number of hydrogen-bond acceptors (Lipinski definition) is 4. The van der Waals surface area contributed by atoms with Gasteiger partial charge in [-0.3, -0.25) is 9.36 Å². The highest BCUT2D eigenvalue weighted by Crippen LogP contribution is 2.08. The minimum atomic E-state index is -0.489. The molecule has 0 radical (unpaired) electrons. The molecule has 0 saturated carbocycles. The summed E-state index contributed by atoms with van der Waals surface area (Å²) in [5.74, 6) is -0.466. The largest absolute Gasteiger partial charge is 0.465 e. The molecule has 0 fully saturated rings. The van der Waals surface area contributed by atoms with E-state index in [0.717, 1.165) is 4.57 Å². The second-order valence-corrected chi connectivity index (χ2v) is 5.06. The summed E-state index contributed by atoms with van der Waals surface area (Å²) < 4.78 is 5.78. The first kappa shape index (κ1) is 14.8. The Hall–Kier alpha value is -3.15. The molecule has 6 heteroatoms. The van der Waals surface area contributed by atoms with Crippen LogP contribution in [0.2, 0.25) is 0 Å². The Balaban J connectivity index is 2.07. The van der Waals surface area contributed by atoms with Gasteiger partial charge in [0.1, 0.15) is 0 Å². The van der Waals surface area contributed by atoms with E-state index in [2.05, 4.69) is 9.72 Å². The fraction of sp³-hybridized carbons (Fsp3) is 0.118. The zero-order valence-electron chi connectivity index (χ0n) is 12.4. The number of methoxy groups -OCH3 is 1. The molecule has 0 amide bonds. The van der Waals surface area contributed by atoms with Crippen molar-refractivity contribution < 1.29 is 9.53 Å². The molecule has 0 atom stereocenters. The van der Waals surface area contributed by atoms with E-state index < -0.39 is 11.7 Å². The van der Waals surface area contributed by atoms with Crippen LogP contribution >= 0.6 is 0 Å². The van der Waals surface area contributed by atoms with Crippen molar-refractivity contribution in [3.63, 3.8) is 0 Å². The monoisotopic (exact) mass is 310 g/mol. The lowest BCUT2D eigenvalue weighted by Crippen LogP contribution is -2.35. The van der Waals surface area contributed by atoms with E-state index in [1.807, 2.05) is 0 Å². The van der Waals surface area contributed by atoms with Gasteiger partial charge in [0, 0.05) is 0 Å². The summed E-state index contributed by atoms with van der Waals surface area (Å²) in [6.45, 7) is 0.0732. The maximum atomic E-state index is 12.5. The lowest BCUT2D eigenvalue weighted by Gasteiger charge is -2.07. The molecule has 0 aliphatic rings. The fourth-order valence-corrected chi connectivity index (χ4v) is 2.44.